The van der Waals surface area contributed by atoms with Gasteiger partial charge < -0.3 is 21.2 Å². The van der Waals surface area contributed by atoms with Crippen LogP contribution in [0.4, 0.5) is 20.2 Å². The number of alkyl halides is 2. The number of rotatable bonds is 12. The maximum absolute atomic E-state index is 15.1. The Labute approximate surface area is 254 Å². The molecule has 2 atom stereocenters. The molecular weight excluding hydrogens is 572 g/mol. The van der Waals surface area contributed by atoms with Crippen molar-refractivity contribution < 1.29 is 13.9 Å². The molecule has 3 aromatic rings. The number of aliphatic hydroxyl groups is 1. The summed E-state index contributed by atoms with van der Waals surface area (Å²) in [4.78, 5) is 4.36. The molecule has 1 fully saturated rings. The number of allylic oxidation sites excluding steroid dienone is 3. The molecule has 0 radical (unpaired) electrons. The minimum Gasteiger partial charge on any atom is -0.390 e. The zero-order valence-electron chi connectivity index (χ0n) is 23.5. The third kappa shape index (κ3) is 6.65. The minimum absolute atomic E-state index is 0.0510. The average molecular weight is 604 g/mol. The smallest absolute Gasteiger partial charge is 0.294 e. The van der Waals surface area contributed by atoms with Crippen LogP contribution in [0.3, 0.4) is 0 Å². The lowest BCUT2D eigenvalue weighted by Crippen LogP contribution is -2.40. The summed E-state index contributed by atoms with van der Waals surface area (Å²) in [5.74, 6) is -3.55. The van der Waals surface area contributed by atoms with E-state index in [9.17, 15) is 10.4 Å². The van der Waals surface area contributed by atoms with Crippen LogP contribution in [-0.2, 0) is 0 Å². The highest BCUT2D eigenvalue weighted by atomic mass is 35.5. The number of hydrogen-bond donors (Lipinski definition) is 5. The third-order valence-corrected chi connectivity index (χ3v) is 7.54. The van der Waals surface area contributed by atoms with Crippen molar-refractivity contribution in [3.63, 3.8) is 0 Å². The van der Waals surface area contributed by atoms with E-state index in [4.69, 9.17) is 11.6 Å². The molecule has 1 aliphatic heterocycles. The fourth-order valence-corrected chi connectivity index (χ4v) is 5.13. The Kier molecular flexibility index (Phi) is 8.97. The quantitative estimate of drug-likeness (QED) is 0.153. The first-order chi connectivity index (χ1) is 20.7. The van der Waals surface area contributed by atoms with E-state index in [0.717, 1.165) is 24.1 Å². The van der Waals surface area contributed by atoms with Crippen molar-refractivity contribution in [1.82, 2.24) is 21.0 Å². The van der Waals surface area contributed by atoms with Crippen LogP contribution in [0.15, 0.2) is 97.0 Å². The standard InChI is InChI=1S/C32H32ClF2N7O/c1-3-4-6-9-20(2)28(27-18-42(41-40-27)24-12-13-24)38-23-14-25-29(22(16-36)17-37-30(25)26(33)15-23)39-31(32(34,35)19-43)21-10-7-5-8-11-21/h3-11,14-15,17-18,24,28,31,38,40-41,43H,2,12-13,19H2,1H3,(H,37,39)/b4-3-,9-6-/t28-,31-/m0/s1. The Morgan fingerprint density at radius 2 is 2.05 bits per heavy atom. The second-order valence-electron chi connectivity index (χ2n) is 10.4. The number of nitrogens with one attached hydrogen (secondary N) is 4. The van der Waals surface area contributed by atoms with Crippen molar-refractivity contribution >= 4 is 33.9 Å². The van der Waals surface area contributed by atoms with Gasteiger partial charge in [0.2, 0.25) is 0 Å². The molecule has 43 heavy (non-hydrogen) atoms. The van der Waals surface area contributed by atoms with E-state index in [-0.39, 0.29) is 21.8 Å². The molecule has 2 aliphatic rings. The molecule has 8 nitrogen and oxygen atoms in total. The molecule has 1 saturated carbocycles. The summed E-state index contributed by atoms with van der Waals surface area (Å²) in [6.07, 6.45) is 13.1. The fraction of sp³-hybridized carbons (Fsp3) is 0.250. The summed E-state index contributed by atoms with van der Waals surface area (Å²) in [5.41, 5.74) is 9.28. The molecule has 0 amide bonds. The highest BCUT2D eigenvalue weighted by Crippen LogP contribution is 2.40. The summed E-state index contributed by atoms with van der Waals surface area (Å²) in [5, 5.41) is 28.5. The van der Waals surface area contributed by atoms with E-state index in [2.05, 4.69) is 33.2 Å². The van der Waals surface area contributed by atoms with Crippen LogP contribution in [0.25, 0.3) is 10.9 Å². The average Bonchev–Trinajstić information content (AvgIpc) is 3.75. The molecule has 2 heterocycles. The number of anilines is 2. The van der Waals surface area contributed by atoms with Crippen molar-refractivity contribution in [2.45, 2.75) is 43.8 Å². The number of benzene rings is 2. The van der Waals surface area contributed by atoms with Gasteiger partial charge in [-0.25, -0.2) is 8.78 Å². The van der Waals surface area contributed by atoms with Gasteiger partial charge in [-0.3, -0.25) is 9.99 Å². The van der Waals surface area contributed by atoms with Crippen molar-refractivity contribution in [3.05, 3.63) is 113 Å². The van der Waals surface area contributed by atoms with E-state index < -0.39 is 24.6 Å². The number of pyridine rings is 1. The number of hydrazine groups is 2. The monoisotopic (exact) mass is 603 g/mol. The van der Waals surface area contributed by atoms with Crippen LogP contribution in [0.2, 0.25) is 5.02 Å². The Bertz CT molecular complexity index is 1630. The molecule has 1 aromatic heterocycles. The normalized spacial score (nSPS) is 16.7. The fourth-order valence-electron chi connectivity index (χ4n) is 4.86. The number of halogens is 3. The minimum atomic E-state index is -3.55. The molecule has 2 aromatic carbocycles. The van der Waals surface area contributed by atoms with Gasteiger partial charge in [0.05, 0.1) is 33.5 Å². The van der Waals surface area contributed by atoms with Crippen molar-refractivity contribution in [2.24, 2.45) is 0 Å². The number of aliphatic hydroxyl groups excluding tert-OH is 1. The van der Waals surface area contributed by atoms with Gasteiger partial charge in [0.1, 0.15) is 18.7 Å². The van der Waals surface area contributed by atoms with E-state index in [1.54, 1.807) is 30.3 Å². The van der Waals surface area contributed by atoms with E-state index >= 15 is 8.78 Å². The molecule has 5 N–H and O–H groups in total. The van der Waals surface area contributed by atoms with E-state index in [0.29, 0.717) is 22.6 Å². The molecular formula is C32H32ClF2N7O. The first-order valence-corrected chi connectivity index (χ1v) is 14.2. The summed E-state index contributed by atoms with van der Waals surface area (Å²) in [6, 6.07) is 11.9. The van der Waals surface area contributed by atoms with Crippen LogP contribution in [-0.4, -0.2) is 39.7 Å². The number of aromatic nitrogens is 1. The van der Waals surface area contributed by atoms with Gasteiger partial charge in [-0.15, -0.1) is 5.53 Å². The number of fused-ring (bicyclic) bond motifs is 1. The lowest BCUT2D eigenvalue weighted by Gasteiger charge is -2.29. The summed E-state index contributed by atoms with van der Waals surface area (Å²) in [7, 11) is 0. The summed E-state index contributed by atoms with van der Waals surface area (Å²) < 4.78 is 30.3. The summed E-state index contributed by atoms with van der Waals surface area (Å²) in [6.45, 7) is 4.80. The van der Waals surface area contributed by atoms with Crippen LogP contribution < -0.4 is 21.6 Å². The van der Waals surface area contributed by atoms with Crippen LogP contribution in [0.5, 0.6) is 0 Å². The lowest BCUT2D eigenvalue weighted by molar-refractivity contribution is -0.0657. The van der Waals surface area contributed by atoms with Crippen molar-refractivity contribution in [2.75, 3.05) is 17.2 Å². The molecule has 0 bridgehead atoms. The Balaban J connectivity index is 1.57. The maximum Gasteiger partial charge on any atom is 0.294 e. The molecule has 1 aliphatic carbocycles. The van der Waals surface area contributed by atoms with Gasteiger partial charge in [0.25, 0.3) is 5.92 Å². The SMILES string of the molecule is C=C(/C=C\C=C/C)[C@H](Nc1cc(Cl)c2ncc(C#N)c(N[C@@H](c3ccccc3)C(F)(F)CO)c2c1)C1=CN(C2CC2)NN1. The Morgan fingerprint density at radius 1 is 1.28 bits per heavy atom. The van der Waals surface area contributed by atoms with Crippen LogP contribution >= 0.6 is 11.6 Å². The van der Waals surface area contributed by atoms with Crippen LogP contribution in [0, 0.1) is 11.3 Å². The predicted molar refractivity (Wildman–Crippen MR) is 166 cm³/mol. The molecule has 5 rings (SSSR count). The lowest BCUT2D eigenvalue weighted by atomic mass is 9.99. The predicted octanol–water partition coefficient (Wildman–Crippen LogP) is 6.34. The third-order valence-electron chi connectivity index (χ3n) is 7.25. The largest absolute Gasteiger partial charge is 0.390 e. The molecule has 0 spiro atoms. The number of nitriles is 1. The molecule has 0 unspecified atom stereocenters. The molecule has 222 valence electrons. The Morgan fingerprint density at radius 3 is 2.72 bits per heavy atom. The zero-order chi connectivity index (χ0) is 30.6. The van der Waals surface area contributed by atoms with E-state index in [1.807, 2.05) is 48.5 Å². The second-order valence-corrected chi connectivity index (χ2v) is 10.8. The number of nitrogens with zero attached hydrogens (tertiary/aromatic N) is 3. The summed E-state index contributed by atoms with van der Waals surface area (Å²) >= 11 is 6.70. The highest BCUT2D eigenvalue weighted by molar-refractivity contribution is 6.35. The van der Waals surface area contributed by atoms with Gasteiger partial charge in [-0.1, -0.05) is 72.8 Å². The second kappa shape index (κ2) is 12.8. The van der Waals surface area contributed by atoms with Gasteiger partial charge in [-0.05, 0) is 43.0 Å². The van der Waals surface area contributed by atoms with Gasteiger partial charge in [-0.2, -0.15) is 5.26 Å². The van der Waals surface area contributed by atoms with Gasteiger partial charge >= 0.3 is 0 Å². The number of hydrogen-bond acceptors (Lipinski definition) is 8. The van der Waals surface area contributed by atoms with Gasteiger partial charge in [0, 0.05) is 29.5 Å². The first-order valence-electron chi connectivity index (χ1n) is 13.8. The first kappa shape index (κ1) is 30.0. The van der Waals surface area contributed by atoms with Crippen molar-refractivity contribution in [1.29, 1.82) is 5.26 Å². The van der Waals surface area contributed by atoms with Gasteiger partial charge in [0.15, 0.2) is 0 Å². The topological polar surface area (TPSA) is 108 Å². The van der Waals surface area contributed by atoms with E-state index in [1.165, 1.54) is 18.3 Å². The maximum atomic E-state index is 15.1. The Hall–Kier alpha value is -4.43. The zero-order valence-corrected chi connectivity index (χ0v) is 24.2. The highest BCUT2D eigenvalue weighted by Gasteiger charge is 2.41. The van der Waals surface area contributed by atoms with Crippen LogP contribution in [0.1, 0.15) is 36.9 Å². The molecule has 0 saturated heterocycles. The van der Waals surface area contributed by atoms with Crippen molar-refractivity contribution in [3.8, 4) is 6.07 Å². The molecule has 11 heteroatoms.